The van der Waals surface area contributed by atoms with Gasteiger partial charge in [0.15, 0.2) is 5.79 Å². The molecule has 104 valence electrons. The van der Waals surface area contributed by atoms with Crippen LogP contribution < -0.4 is 0 Å². The molecule has 0 radical (unpaired) electrons. The summed E-state index contributed by atoms with van der Waals surface area (Å²) in [5, 5.41) is 10.8. The van der Waals surface area contributed by atoms with E-state index in [0.717, 1.165) is 19.3 Å². The highest BCUT2D eigenvalue weighted by Crippen LogP contribution is 2.60. The van der Waals surface area contributed by atoms with Crippen molar-refractivity contribution in [3.63, 3.8) is 0 Å². The monoisotopic (exact) mass is 260 g/mol. The van der Waals surface area contributed by atoms with Gasteiger partial charge in [0, 0.05) is 18.3 Å². The maximum absolute atomic E-state index is 10.8. The van der Waals surface area contributed by atoms with E-state index in [1.807, 2.05) is 6.07 Å². The number of hydrogen-bond donors (Lipinski definition) is 1. The van der Waals surface area contributed by atoms with E-state index in [-0.39, 0.29) is 11.5 Å². The molecule has 0 amide bonds. The van der Waals surface area contributed by atoms with Crippen molar-refractivity contribution < 1.29 is 9.84 Å². The second-order valence-corrected chi connectivity index (χ2v) is 6.59. The lowest BCUT2D eigenvalue weighted by Crippen LogP contribution is -2.45. The van der Waals surface area contributed by atoms with Crippen LogP contribution in [0.3, 0.4) is 0 Å². The molecule has 2 heterocycles. The molecule has 2 aliphatic rings. The second kappa shape index (κ2) is 4.32. The summed E-state index contributed by atoms with van der Waals surface area (Å²) in [6.45, 7) is 6.59. The molecule has 0 unspecified atom stereocenters. The van der Waals surface area contributed by atoms with Crippen molar-refractivity contribution in [1.82, 2.24) is 0 Å². The van der Waals surface area contributed by atoms with Crippen LogP contribution in [0.5, 0.6) is 0 Å². The van der Waals surface area contributed by atoms with Gasteiger partial charge >= 0.3 is 0 Å². The third-order valence-electron chi connectivity index (χ3n) is 5.34. The molecule has 2 aliphatic heterocycles. The molecule has 2 nitrogen and oxygen atoms in total. The van der Waals surface area contributed by atoms with Gasteiger partial charge in [-0.05, 0) is 24.3 Å². The van der Waals surface area contributed by atoms with Gasteiger partial charge in [0.2, 0.25) is 0 Å². The molecular weight excluding hydrogens is 236 g/mol. The van der Waals surface area contributed by atoms with E-state index >= 15 is 0 Å². The SMILES string of the molecule is CC(C)[C@@]12CCC[C@@](O)(O1)[C@@H](C)[C@@H]2c1ccccc1. The van der Waals surface area contributed by atoms with Gasteiger partial charge in [0.25, 0.3) is 0 Å². The number of hydrogen-bond acceptors (Lipinski definition) is 2. The van der Waals surface area contributed by atoms with E-state index in [4.69, 9.17) is 4.74 Å². The van der Waals surface area contributed by atoms with Crippen molar-refractivity contribution in [2.45, 2.75) is 57.3 Å². The molecule has 1 aromatic rings. The van der Waals surface area contributed by atoms with E-state index in [9.17, 15) is 5.11 Å². The van der Waals surface area contributed by atoms with Crippen LogP contribution in [0.2, 0.25) is 0 Å². The maximum Gasteiger partial charge on any atom is 0.169 e. The first-order valence-electron chi connectivity index (χ1n) is 7.47. The predicted molar refractivity (Wildman–Crippen MR) is 75.8 cm³/mol. The first-order valence-corrected chi connectivity index (χ1v) is 7.47. The third-order valence-corrected chi connectivity index (χ3v) is 5.34. The molecule has 0 aromatic heterocycles. The van der Waals surface area contributed by atoms with Crippen molar-refractivity contribution in [3.05, 3.63) is 35.9 Å². The zero-order valence-corrected chi connectivity index (χ0v) is 12.1. The van der Waals surface area contributed by atoms with E-state index in [1.54, 1.807) is 0 Å². The Hall–Kier alpha value is -0.860. The van der Waals surface area contributed by atoms with Gasteiger partial charge in [0.05, 0.1) is 5.60 Å². The standard InChI is InChI=1S/C17H24O2/c1-12(2)16-10-7-11-17(18,19-16)13(3)15(16)14-8-5-4-6-9-14/h4-6,8-9,12-13,15,18H,7,10-11H2,1-3H3/t13-,15+,16+,17+/m0/s1. The van der Waals surface area contributed by atoms with Gasteiger partial charge in [0.1, 0.15) is 0 Å². The predicted octanol–water partition coefficient (Wildman–Crippen LogP) is 3.70. The summed E-state index contributed by atoms with van der Waals surface area (Å²) in [5.41, 5.74) is 1.11. The van der Waals surface area contributed by atoms with Crippen LogP contribution in [-0.4, -0.2) is 16.5 Å². The van der Waals surface area contributed by atoms with Crippen molar-refractivity contribution >= 4 is 0 Å². The molecule has 2 bridgehead atoms. The molecule has 19 heavy (non-hydrogen) atoms. The van der Waals surface area contributed by atoms with E-state index in [0.29, 0.717) is 11.8 Å². The molecule has 2 fully saturated rings. The second-order valence-electron chi connectivity index (χ2n) is 6.59. The third kappa shape index (κ3) is 1.77. The van der Waals surface area contributed by atoms with Crippen LogP contribution in [0.25, 0.3) is 0 Å². The lowest BCUT2D eigenvalue weighted by Gasteiger charge is -2.42. The van der Waals surface area contributed by atoms with Gasteiger partial charge in [-0.25, -0.2) is 0 Å². The van der Waals surface area contributed by atoms with Crippen LogP contribution in [-0.2, 0) is 4.74 Å². The molecular formula is C17H24O2. The van der Waals surface area contributed by atoms with Crippen LogP contribution in [0.1, 0.15) is 51.5 Å². The maximum atomic E-state index is 10.8. The molecule has 2 saturated heterocycles. The first-order chi connectivity index (χ1) is 9.00. The summed E-state index contributed by atoms with van der Waals surface area (Å²) in [6, 6.07) is 10.6. The Morgan fingerprint density at radius 2 is 1.89 bits per heavy atom. The van der Waals surface area contributed by atoms with Crippen molar-refractivity contribution in [1.29, 1.82) is 0 Å². The normalized spacial score (nSPS) is 41.7. The summed E-state index contributed by atoms with van der Waals surface area (Å²) in [4.78, 5) is 0. The Morgan fingerprint density at radius 3 is 2.53 bits per heavy atom. The Bertz CT molecular complexity index is 456. The van der Waals surface area contributed by atoms with E-state index < -0.39 is 5.79 Å². The summed E-state index contributed by atoms with van der Waals surface area (Å²) < 4.78 is 6.27. The highest BCUT2D eigenvalue weighted by molar-refractivity contribution is 5.28. The quantitative estimate of drug-likeness (QED) is 0.878. The van der Waals surface area contributed by atoms with Crippen molar-refractivity contribution in [2.75, 3.05) is 0 Å². The Morgan fingerprint density at radius 1 is 1.21 bits per heavy atom. The zero-order valence-electron chi connectivity index (χ0n) is 12.1. The summed E-state index contributed by atoms with van der Waals surface area (Å²) in [5.74, 6) is -0.0706. The van der Waals surface area contributed by atoms with Gasteiger partial charge in [-0.2, -0.15) is 0 Å². The fraction of sp³-hybridized carbons (Fsp3) is 0.647. The van der Waals surface area contributed by atoms with Crippen molar-refractivity contribution in [2.24, 2.45) is 11.8 Å². The van der Waals surface area contributed by atoms with Gasteiger partial charge < -0.3 is 9.84 Å². The van der Waals surface area contributed by atoms with Crippen LogP contribution in [0.4, 0.5) is 0 Å². The number of ether oxygens (including phenoxy) is 1. The average Bonchev–Trinajstić information content (AvgIpc) is 2.55. The smallest absolute Gasteiger partial charge is 0.169 e. The van der Waals surface area contributed by atoms with Gasteiger partial charge in [-0.15, -0.1) is 0 Å². The van der Waals surface area contributed by atoms with E-state index in [2.05, 4.69) is 45.0 Å². The fourth-order valence-corrected chi connectivity index (χ4v) is 4.27. The Kier molecular flexibility index (Phi) is 2.99. The molecule has 0 spiro atoms. The highest BCUT2D eigenvalue weighted by Gasteiger charge is 2.63. The molecule has 0 aliphatic carbocycles. The van der Waals surface area contributed by atoms with E-state index in [1.165, 1.54) is 5.56 Å². The summed E-state index contributed by atoms with van der Waals surface area (Å²) in [6.07, 6.45) is 2.88. The first kappa shape index (κ1) is 13.1. The fourth-order valence-electron chi connectivity index (χ4n) is 4.27. The molecule has 1 aromatic carbocycles. The topological polar surface area (TPSA) is 29.5 Å². The molecule has 3 rings (SSSR count). The summed E-state index contributed by atoms with van der Waals surface area (Å²) >= 11 is 0. The molecule has 1 N–H and O–H groups in total. The Balaban J connectivity index is 2.10. The zero-order chi connectivity index (χ0) is 13.7. The van der Waals surface area contributed by atoms with Gasteiger partial charge in [-0.1, -0.05) is 51.1 Å². The minimum Gasteiger partial charge on any atom is -0.365 e. The highest BCUT2D eigenvalue weighted by atomic mass is 16.6. The Labute approximate surface area is 115 Å². The van der Waals surface area contributed by atoms with Crippen LogP contribution >= 0.6 is 0 Å². The molecule has 2 heteroatoms. The number of benzene rings is 1. The summed E-state index contributed by atoms with van der Waals surface area (Å²) in [7, 11) is 0. The van der Waals surface area contributed by atoms with Crippen molar-refractivity contribution in [3.8, 4) is 0 Å². The largest absolute Gasteiger partial charge is 0.365 e. The average molecular weight is 260 g/mol. The lowest BCUT2D eigenvalue weighted by atomic mass is 9.70. The molecule has 4 atom stereocenters. The lowest BCUT2D eigenvalue weighted by molar-refractivity contribution is -0.270. The number of fused-ring (bicyclic) bond motifs is 2. The van der Waals surface area contributed by atoms with Crippen LogP contribution in [0.15, 0.2) is 30.3 Å². The molecule has 0 saturated carbocycles. The number of aliphatic hydroxyl groups is 1. The minimum atomic E-state index is -0.928. The minimum absolute atomic E-state index is 0.153. The van der Waals surface area contributed by atoms with Crippen LogP contribution in [0, 0.1) is 11.8 Å². The number of rotatable bonds is 2. The van der Waals surface area contributed by atoms with Gasteiger partial charge in [-0.3, -0.25) is 0 Å².